The molecule has 2 aromatic rings. The van der Waals surface area contributed by atoms with Crippen LogP contribution < -0.4 is 16.0 Å². The summed E-state index contributed by atoms with van der Waals surface area (Å²) in [5.74, 6) is 6.04. The van der Waals surface area contributed by atoms with E-state index in [0.29, 0.717) is 23.5 Å². The van der Waals surface area contributed by atoms with Gasteiger partial charge < -0.3 is 14.3 Å². The first-order valence-corrected chi connectivity index (χ1v) is 6.57. The summed E-state index contributed by atoms with van der Waals surface area (Å²) in [6, 6.07) is 9.19. The van der Waals surface area contributed by atoms with Crippen LogP contribution in [0, 0.1) is 6.92 Å². The zero-order valence-electron chi connectivity index (χ0n) is 11.8. The van der Waals surface area contributed by atoms with Crippen LogP contribution >= 0.6 is 0 Å². The zero-order chi connectivity index (χ0) is 15.2. The van der Waals surface area contributed by atoms with Crippen LogP contribution in [0.1, 0.15) is 27.4 Å². The van der Waals surface area contributed by atoms with Crippen molar-refractivity contribution < 1.29 is 19.1 Å². The van der Waals surface area contributed by atoms with Crippen LogP contribution in [0.15, 0.2) is 34.7 Å². The van der Waals surface area contributed by atoms with Gasteiger partial charge in [0.15, 0.2) is 5.76 Å². The topological polar surface area (TPSA) is 97.7 Å². The number of nitrogens with one attached hydrogen (secondary N) is 1. The van der Waals surface area contributed by atoms with Crippen LogP contribution in [0.25, 0.3) is 0 Å². The van der Waals surface area contributed by atoms with Crippen molar-refractivity contribution in [3.63, 3.8) is 0 Å². The summed E-state index contributed by atoms with van der Waals surface area (Å²) in [6.45, 7) is 2.11. The summed E-state index contributed by atoms with van der Waals surface area (Å²) in [7, 11) is 0. The molecule has 0 saturated carbocycles. The van der Waals surface area contributed by atoms with Crippen molar-refractivity contribution in [1.82, 2.24) is 5.43 Å². The minimum absolute atomic E-state index is 0.123. The van der Waals surface area contributed by atoms with Crippen molar-refractivity contribution in [1.29, 1.82) is 0 Å². The summed E-state index contributed by atoms with van der Waals surface area (Å²) < 4.78 is 11.0. The molecule has 0 aliphatic carbocycles. The van der Waals surface area contributed by atoms with Gasteiger partial charge >= 0.3 is 5.91 Å². The summed E-state index contributed by atoms with van der Waals surface area (Å²) >= 11 is 0. The number of nitrogens with two attached hydrogens (primary N) is 1. The van der Waals surface area contributed by atoms with E-state index in [2.05, 4.69) is 0 Å². The van der Waals surface area contributed by atoms with E-state index in [0.717, 1.165) is 5.56 Å². The molecule has 1 aromatic heterocycles. The fraction of sp³-hybridized carbons (Fsp3) is 0.267. The number of rotatable bonds is 6. The van der Waals surface area contributed by atoms with E-state index in [1.807, 2.05) is 29.7 Å². The molecule has 0 saturated heterocycles. The Balaban J connectivity index is 1.98. The molecule has 0 spiro atoms. The smallest absolute Gasteiger partial charge is 0.301 e. The van der Waals surface area contributed by atoms with Gasteiger partial charge in [-0.25, -0.2) is 5.84 Å². The van der Waals surface area contributed by atoms with E-state index in [9.17, 15) is 4.79 Å². The zero-order valence-corrected chi connectivity index (χ0v) is 11.8. The van der Waals surface area contributed by atoms with Crippen LogP contribution in [0.3, 0.4) is 0 Å². The molecular weight excluding hydrogens is 272 g/mol. The minimum Gasteiger partial charge on any atom is -0.486 e. The van der Waals surface area contributed by atoms with E-state index >= 15 is 0 Å². The molecule has 6 heteroatoms. The molecule has 4 N–H and O–H groups in total. The molecule has 0 aliphatic heterocycles. The molecule has 112 valence electrons. The predicted molar refractivity (Wildman–Crippen MR) is 76.7 cm³/mol. The third-order valence-electron chi connectivity index (χ3n) is 3.01. The lowest BCUT2D eigenvalue weighted by Gasteiger charge is -2.05. The number of hydrogen-bond donors (Lipinski definition) is 3. The minimum atomic E-state index is -0.466. The largest absolute Gasteiger partial charge is 0.486 e. The van der Waals surface area contributed by atoms with Crippen molar-refractivity contribution >= 4 is 5.91 Å². The van der Waals surface area contributed by atoms with Gasteiger partial charge in [-0.05, 0) is 37.1 Å². The van der Waals surface area contributed by atoms with Gasteiger partial charge in [0.1, 0.15) is 18.1 Å². The van der Waals surface area contributed by atoms with Crippen molar-refractivity contribution in [3.8, 4) is 5.75 Å². The van der Waals surface area contributed by atoms with Gasteiger partial charge in [-0.3, -0.25) is 10.2 Å². The summed E-state index contributed by atoms with van der Waals surface area (Å²) in [4.78, 5) is 11.4. The highest BCUT2D eigenvalue weighted by Crippen LogP contribution is 2.18. The van der Waals surface area contributed by atoms with Gasteiger partial charge in [-0.15, -0.1) is 0 Å². The quantitative estimate of drug-likeness (QED) is 0.423. The second-order valence-corrected chi connectivity index (χ2v) is 4.60. The monoisotopic (exact) mass is 290 g/mol. The van der Waals surface area contributed by atoms with E-state index in [-0.39, 0.29) is 19.0 Å². The third-order valence-corrected chi connectivity index (χ3v) is 3.01. The first-order valence-electron chi connectivity index (χ1n) is 6.57. The second kappa shape index (κ2) is 6.92. The Hall–Kier alpha value is -2.31. The fourth-order valence-electron chi connectivity index (χ4n) is 1.95. The average molecular weight is 290 g/mol. The van der Waals surface area contributed by atoms with Gasteiger partial charge in [0.25, 0.3) is 0 Å². The number of aliphatic hydroxyl groups is 1. The molecule has 0 atom stereocenters. The molecule has 0 radical (unpaired) electrons. The summed E-state index contributed by atoms with van der Waals surface area (Å²) in [5.41, 5.74) is 3.78. The number of nitrogen functional groups attached to an aromatic ring is 1. The summed E-state index contributed by atoms with van der Waals surface area (Å²) in [5, 5.41) is 8.85. The number of aliphatic hydroxyl groups excluding tert-OH is 1. The Morgan fingerprint density at radius 2 is 2.10 bits per heavy atom. The molecule has 0 unspecified atom stereocenters. The van der Waals surface area contributed by atoms with Gasteiger partial charge in [-0.2, -0.15) is 0 Å². The van der Waals surface area contributed by atoms with Crippen LogP contribution in [0.4, 0.5) is 0 Å². The highest BCUT2D eigenvalue weighted by Gasteiger charge is 2.14. The van der Waals surface area contributed by atoms with Gasteiger partial charge in [0, 0.05) is 12.2 Å². The Labute approximate surface area is 122 Å². The molecule has 2 rings (SSSR count). The van der Waals surface area contributed by atoms with Crippen LogP contribution in [-0.2, 0) is 13.0 Å². The maximum Gasteiger partial charge on any atom is 0.301 e. The molecular formula is C15H18N2O4. The van der Waals surface area contributed by atoms with E-state index < -0.39 is 5.91 Å². The SMILES string of the molecule is Cc1cc(COc2ccc(CCO)cc2)oc1C(=O)NN. The first-order chi connectivity index (χ1) is 10.1. The van der Waals surface area contributed by atoms with E-state index in [1.165, 1.54) is 0 Å². The highest BCUT2D eigenvalue weighted by atomic mass is 16.5. The first kappa shape index (κ1) is 15.1. The molecule has 1 amide bonds. The Kier molecular flexibility index (Phi) is 4.97. The lowest BCUT2D eigenvalue weighted by atomic mass is 10.1. The normalized spacial score (nSPS) is 10.4. The van der Waals surface area contributed by atoms with E-state index in [4.69, 9.17) is 20.1 Å². The number of amides is 1. The van der Waals surface area contributed by atoms with Crippen molar-refractivity contribution in [2.75, 3.05) is 6.61 Å². The number of carbonyl (C=O) groups excluding carboxylic acids is 1. The molecule has 0 aliphatic rings. The van der Waals surface area contributed by atoms with Crippen molar-refractivity contribution in [2.24, 2.45) is 5.84 Å². The molecule has 6 nitrogen and oxygen atoms in total. The van der Waals surface area contributed by atoms with Gasteiger partial charge in [-0.1, -0.05) is 12.1 Å². The standard InChI is InChI=1S/C15H18N2O4/c1-10-8-13(21-14(10)15(19)17-16)9-20-12-4-2-11(3-5-12)6-7-18/h2-5,8,18H,6-7,9,16H2,1H3,(H,17,19). The number of carbonyl (C=O) groups is 1. The number of ether oxygens (including phenoxy) is 1. The van der Waals surface area contributed by atoms with Gasteiger partial charge in [0.05, 0.1) is 0 Å². The van der Waals surface area contributed by atoms with E-state index in [1.54, 1.807) is 13.0 Å². The van der Waals surface area contributed by atoms with Crippen molar-refractivity contribution in [3.05, 3.63) is 53.0 Å². The Morgan fingerprint density at radius 3 is 2.71 bits per heavy atom. The molecule has 1 heterocycles. The van der Waals surface area contributed by atoms with Crippen LogP contribution in [-0.4, -0.2) is 17.6 Å². The molecule has 1 aromatic carbocycles. The van der Waals surface area contributed by atoms with Crippen LogP contribution in [0.5, 0.6) is 5.75 Å². The van der Waals surface area contributed by atoms with Crippen LogP contribution in [0.2, 0.25) is 0 Å². The predicted octanol–water partition coefficient (Wildman–Crippen LogP) is 1.31. The second-order valence-electron chi connectivity index (χ2n) is 4.60. The molecule has 0 fully saturated rings. The third kappa shape index (κ3) is 3.84. The fourth-order valence-corrected chi connectivity index (χ4v) is 1.95. The number of furan rings is 1. The lowest BCUT2D eigenvalue weighted by Crippen LogP contribution is -2.30. The highest BCUT2D eigenvalue weighted by molar-refractivity contribution is 5.92. The summed E-state index contributed by atoms with van der Waals surface area (Å²) in [6.07, 6.45) is 0.620. The average Bonchev–Trinajstić information content (AvgIpc) is 2.87. The number of hydrogen-bond acceptors (Lipinski definition) is 5. The maximum atomic E-state index is 11.4. The van der Waals surface area contributed by atoms with Crippen molar-refractivity contribution in [2.45, 2.75) is 20.0 Å². The molecule has 0 bridgehead atoms. The lowest BCUT2D eigenvalue weighted by molar-refractivity contribution is 0.0921. The number of hydrazine groups is 1. The maximum absolute atomic E-state index is 11.4. The Morgan fingerprint density at radius 1 is 1.38 bits per heavy atom. The number of aryl methyl sites for hydroxylation is 1. The van der Waals surface area contributed by atoms with Gasteiger partial charge in [0.2, 0.25) is 0 Å². The number of benzene rings is 1. The molecule has 21 heavy (non-hydrogen) atoms. The Bertz CT molecular complexity index is 605.